The molecule has 1 aromatic heterocycles. The number of aliphatic hydroxyl groups is 1. The predicted molar refractivity (Wildman–Crippen MR) is 146 cm³/mol. The van der Waals surface area contributed by atoms with Gasteiger partial charge in [0.05, 0.1) is 28.9 Å². The second-order valence-electron chi connectivity index (χ2n) is 8.38. The largest absolute Gasteiger partial charge is 0.507 e. The number of ketones is 1. The molecule has 176 valence electrons. The van der Waals surface area contributed by atoms with Crippen LogP contribution in [-0.2, 0) is 9.59 Å². The predicted octanol–water partition coefficient (Wildman–Crippen LogP) is 6.15. The summed E-state index contributed by atoms with van der Waals surface area (Å²) in [6.07, 6.45) is 0. The lowest BCUT2D eigenvalue weighted by molar-refractivity contribution is -0.132. The van der Waals surface area contributed by atoms with E-state index in [1.807, 2.05) is 50.2 Å². The number of fused-ring (bicyclic) bond motifs is 1. The molecule has 1 saturated heterocycles. The number of carbonyl (C=O) groups excluding carboxylic acids is 2. The number of methoxy groups -OCH3 is 1. The van der Waals surface area contributed by atoms with Crippen molar-refractivity contribution >= 4 is 66.7 Å². The molecule has 1 aliphatic heterocycles. The number of halogens is 1. The molecule has 2 heterocycles. The van der Waals surface area contributed by atoms with E-state index in [1.54, 1.807) is 24.3 Å². The number of aromatic nitrogens is 1. The molecule has 0 aliphatic carbocycles. The van der Waals surface area contributed by atoms with Gasteiger partial charge in [-0.05, 0) is 83.5 Å². The summed E-state index contributed by atoms with van der Waals surface area (Å²) in [5.74, 6) is -1.18. The van der Waals surface area contributed by atoms with Gasteiger partial charge in [-0.3, -0.25) is 14.5 Å². The summed E-state index contributed by atoms with van der Waals surface area (Å²) < 4.78 is 7.23. The number of anilines is 1. The highest BCUT2D eigenvalue weighted by molar-refractivity contribution is 14.1. The summed E-state index contributed by atoms with van der Waals surface area (Å²) in [6.45, 7) is 3.99. The molecular formula is C27H21IN2O4S. The fraction of sp³-hybridized carbons (Fsp3) is 0.148. The van der Waals surface area contributed by atoms with Crippen molar-refractivity contribution in [1.82, 2.24) is 4.98 Å². The number of ether oxygens (including phenoxy) is 1. The molecule has 35 heavy (non-hydrogen) atoms. The van der Waals surface area contributed by atoms with Crippen molar-refractivity contribution in [3.63, 3.8) is 0 Å². The summed E-state index contributed by atoms with van der Waals surface area (Å²) in [5, 5.41) is 11.7. The first kappa shape index (κ1) is 23.5. The van der Waals surface area contributed by atoms with Gasteiger partial charge in [0.2, 0.25) is 0 Å². The average molecular weight is 596 g/mol. The van der Waals surface area contributed by atoms with E-state index >= 15 is 0 Å². The fourth-order valence-electron chi connectivity index (χ4n) is 4.38. The first-order valence-electron chi connectivity index (χ1n) is 10.9. The molecule has 1 amide bonds. The minimum absolute atomic E-state index is 0.0246. The standard InChI is InChI=1S/C27H21IN2O4S/c1-14-11-15(2)22-20(12-14)35-27(29-22)30-23(16-7-9-18(28)10-8-16)21(25(32)26(30)33)24(31)17-5-4-6-19(13-17)34-3/h4-13,23,31H,1-3H3/b24-21+. The molecule has 1 unspecified atom stereocenters. The van der Waals surface area contributed by atoms with E-state index in [9.17, 15) is 14.7 Å². The Morgan fingerprint density at radius 2 is 1.83 bits per heavy atom. The zero-order valence-corrected chi connectivity index (χ0v) is 22.2. The second kappa shape index (κ2) is 9.09. The van der Waals surface area contributed by atoms with Gasteiger partial charge in [0.25, 0.3) is 5.78 Å². The monoisotopic (exact) mass is 596 g/mol. The Kier molecular flexibility index (Phi) is 6.10. The van der Waals surface area contributed by atoms with Crippen LogP contribution in [0.2, 0.25) is 0 Å². The van der Waals surface area contributed by atoms with E-state index < -0.39 is 17.7 Å². The number of Topliss-reactive ketones (excluding diaryl/α,β-unsaturated/α-hetero) is 1. The smallest absolute Gasteiger partial charge is 0.301 e. The van der Waals surface area contributed by atoms with Crippen LogP contribution < -0.4 is 9.64 Å². The van der Waals surface area contributed by atoms with Gasteiger partial charge in [-0.2, -0.15) is 0 Å². The van der Waals surface area contributed by atoms with Crippen LogP contribution in [0, 0.1) is 17.4 Å². The Bertz CT molecular complexity index is 1520. The van der Waals surface area contributed by atoms with Crippen LogP contribution >= 0.6 is 33.9 Å². The van der Waals surface area contributed by atoms with Gasteiger partial charge in [-0.25, -0.2) is 4.98 Å². The maximum atomic E-state index is 13.4. The van der Waals surface area contributed by atoms with Crippen LogP contribution in [-0.4, -0.2) is 28.9 Å². The molecule has 1 fully saturated rings. The SMILES string of the molecule is COc1cccc(/C(O)=C2\C(=O)C(=O)N(c3nc4c(C)cc(C)cc4s3)C2c2ccc(I)cc2)c1. The normalized spacial score (nSPS) is 17.4. The van der Waals surface area contributed by atoms with Crippen molar-refractivity contribution in [2.45, 2.75) is 19.9 Å². The van der Waals surface area contributed by atoms with Crippen molar-refractivity contribution in [3.05, 3.63) is 92.1 Å². The van der Waals surface area contributed by atoms with Gasteiger partial charge in [-0.15, -0.1) is 0 Å². The minimum Gasteiger partial charge on any atom is -0.507 e. The lowest BCUT2D eigenvalue weighted by atomic mass is 9.95. The number of thiazole rings is 1. The maximum Gasteiger partial charge on any atom is 0.301 e. The number of benzene rings is 3. The molecule has 0 radical (unpaired) electrons. The molecule has 0 saturated carbocycles. The van der Waals surface area contributed by atoms with Crippen molar-refractivity contribution in [2.75, 3.05) is 12.0 Å². The van der Waals surface area contributed by atoms with Crippen LogP contribution in [0.15, 0.2) is 66.2 Å². The van der Waals surface area contributed by atoms with Crippen molar-refractivity contribution in [3.8, 4) is 5.75 Å². The first-order chi connectivity index (χ1) is 16.8. The molecule has 4 aromatic rings. The summed E-state index contributed by atoms with van der Waals surface area (Å²) in [7, 11) is 1.53. The van der Waals surface area contributed by atoms with Gasteiger partial charge >= 0.3 is 5.91 Å². The van der Waals surface area contributed by atoms with E-state index in [4.69, 9.17) is 9.72 Å². The number of nitrogens with zero attached hydrogens (tertiary/aromatic N) is 2. The lowest BCUT2D eigenvalue weighted by Crippen LogP contribution is -2.29. The topological polar surface area (TPSA) is 79.7 Å². The molecule has 8 heteroatoms. The Hall–Kier alpha value is -3.24. The third-order valence-electron chi connectivity index (χ3n) is 6.00. The minimum atomic E-state index is -0.819. The zero-order valence-electron chi connectivity index (χ0n) is 19.2. The first-order valence-corrected chi connectivity index (χ1v) is 12.8. The van der Waals surface area contributed by atoms with E-state index in [2.05, 4.69) is 22.6 Å². The second-order valence-corrected chi connectivity index (χ2v) is 10.6. The molecule has 6 nitrogen and oxygen atoms in total. The molecule has 1 aliphatic rings. The van der Waals surface area contributed by atoms with E-state index in [0.717, 1.165) is 24.9 Å². The summed E-state index contributed by atoms with van der Waals surface area (Å²) in [4.78, 5) is 33.0. The molecule has 0 bridgehead atoms. The van der Waals surface area contributed by atoms with Gasteiger partial charge in [0, 0.05) is 9.13 Å². The van der Waals surface area contributed by atoms with Gasteiger partial charge in [0.15, 0.2) is 5.13 Å². The third-order valence-corrected chi connectivity index (χ3v) is 7.72. The lowest BCUT2D eigenvalue weighted by Gasteiger charge is -2.23. The number of carbonyl (C=O) groups is 2. The highest BCUT2D eigenvalue weighted by Gasteiger charge is 2.48. The van der Waals surface area contributed by atoms with Gasteiger partial charge < -0.3 is 9.84 Å². The molecular weight excluding hydrogens is 575 g/mol. The highest BCUT2D eigenvalue weighted by atomic mass is 127. The molecule has 0 spiro atoms. The van der Waals surface area contributed by atoms with Gasteiger partial charge in [-0.1, -0.05) is 41.7 Å². The molecule has 1 N–H and O–H groups in total. The van der Waals surface area contributed by atoms with Gasteiger partial charge in [0.1, 0.15) is 11.5 Å². The Labute approximate surface area is 220 Å². The van der Waals surface area contributed by atoms with E-state index in [1.165, 1.54) is 23.3 Å². The fourth-order valence-corrected chi connectivity index (χ4v) is 5.91. The van der Waals surface area contributed by atoms with Crippen LogP contribution in [0.4, 0.5) is 5.13 Å². The third kappa shape index (κ3) is 4.10. The quantitative estimate of drug-likeness (QED) is 0.132. The van der Waals surface area contributed by atoms with Crippen molar-refractivity contribution < 1.29 is 19.4 Å². The number of aryl methyl sites for hydroxylation is 2. The van der Waals surface area contributed by atoms with E-state index in [0.29, 0.717) is 22.0 Å². The number of amides is 1. The van der Waals surface area contributed by atoms with E-state index in [-0.39, 0.29) is 11.3 Å². The van der Waals surface area contributed by atoms with Crippen molar-refractivity contribution in [1.29, 1.82) is 0 Å². The number of aliphatic hydroxyl groups excluding tert-OH is 1. The maximum absolute atomic E-state index is 13.4. The number of rotatable bonds is 4. The Morgan fingerprint density at radius 1 is 1.09 bits per heavy atom. The van der Waals surface area contributed by atoms with Crippen molar-refractivity contribution in [2.24, 2.45) is 0 Å². The average Bonchev–Trinajstić information content (AvgIpc) is 3.38. The number of hydrogen-bond donors (Lipinski definition) is 1. The summed E-state index contributed by atoms with van der Waals surface area (Å²) >= 11 is 3.57. The van der Waals surface area contributed by atoms with Crippen LogP contribution in [0.1, 0.15) is 28.3 Å². The molecule has 3 aromatic carbocycles. The summed E-state index contributed by atoms with van der Waals surface area (Å²) in [6, 6.07) is 17.6. The molecule has 5 rings (SSSR count). The summed E-state index contributed by atoms with van der Waals surface area (Å²) in [5.41, 5.74) is 4.03. The highest BCUT2D eigenvalue weighted by Crippen LogP contribution is 2.45. The van der Waals surface area contributed by atoms with Crippen LogP contribution in [0.3, 0.4) is 0 Å². The van der Waals surface area contributed by atoms with Crippen LogP contribution in [0.5, 0.6) is 5.75 Å². The molecule has 1 atom stereocenters. The number of hydrogen-bond acceptors (Lipinski definition) is 6. The Balaban J connectivity index is 1.74. The zero-order chi connectivity index (χ0) is 24.9. The Morgan fingerprint density at radius 3 is 2.54 bits per heavy atom. The van der Waals surface area contributed by atoms with Crippen LogP contribution in [0.25, 0.3) is 16.0 Å².